The van der Waals surface area contributed by atoms with E-state index < -0.39 is 140 Å². The SMILES string of the molecule is CC(C)C[C@H](NC(=O)[C@H](CC(C)C)NC(=O)[C@H](CCC(=O)O)NC(=O)CNC(=O)CNC(=O)[C@@H]1CCCN1C(=O)[C@H](CS)NC(=O)[C@H](Cc1ccc(O)cc1)NC(=O)[C@@H](N)CCC(=O)O)C(=O)O. The van der Waals surface area contributed by atoms with Crippen molar-refractivity contribution in [3.05, 3.63) is 29.8 Å². The van der Waals surface area contributed by atoms with Crippen molar-refractivity contribution >= 4 is 77.8 Å². The van der Waals surface area contributed by atoms with Crippen molar-refractivity contribution in [1.29, 1.82) is 0 Å². The molecule has 25 heteroatoms. The Morgan fingerprint density at radius 1 is 0.662 bits per heavy atom. The maximum atomic E-state index is 13.8. The first-order chi connectivity index (χ1) is 31.9. The van der Waals surface area contributed by atoms with Crippen LogP contribution in [0.2, 0.25) is 0 Å². The number of nitrogens with one attached hydrogen (secondary N) is 7. The van der Waals surface area contributed by atoms with Crippen LogP contribution < -0.4 is 43.0 Å². The number of phenolic OH excluding ortho intramolecular Hbond substituents is 1. The van der Waals surface area contributed by atoms with Crippen LogP contribution in [0.3, 0.4) is 0 Å². The standard InChI is InChI=1S/C43H65N9O15S/c1-22(2)16-28(39(62)50-30(43(66)67)17-23(3)4)49-38(61)27(12-14-36(58)59)47-34(55)20-45-33(54)19-46-41(64)32-6-5-15-52(32)42(65)31(21-68)51-40(63)29(18-24-7-9-25(53)10-8-24)48-37(60)26(44)11-13-35(56)57/h7-10,22-23,26-32,53,68H,5-6,11-21,44H2,1-4H3,(H,45,54)(H,46,64)(H,47,55)(H,48,60)(H,49,61)(H,50,62)(H,51,63)(H,56,57)(H,58,59)(H,66,67)/t26-,27-,28-,29-,30-,31-,32-/m0/s1. The van der Waals surface area contributed by atoms with Crippen LogP contribution in [0, 0.1) is 11.8 Å². The molecule has 2 rings (SSSR count). The number of aliphatic carboxylic acids is 3. The molecule has 0 bridgehead atoms. The molecule has 0 spiro atoms. The van der Waals surface area contributed by atoms with E-state index in [9.17, 15) is 68.1 Å². The van der Waals surface area contributed by atoms with E-state index in [0.717, 1.165) is 0 Å². The van der Waals surface area contributed by atoms with E-state index >= 15 is 0 Å². The lowest BCUT2D eigenvalue weighted by Crippen LogP contribution is -2.59. The number of nitrogens with two attached hydrogens (primary N) is 1. The Morgan fingerprint density at radius 2 is 1.18 bits per heavy atom. The average molecular weight is 980 g/mol. The number of thiol groups is 1. The summed E-state index contributed by atoms with van der Waals surface area (Å²) < 4.78 is 0. The lowest BCUT2D eigenvalue weighted by molar-refractivity contribution is -0.143. The molecule has 68 heavy (non-hydrogen) atoms. The Labute approximate surface area is 398 Å². The third-order valence-electron chi connectivity index (χ3n) is 10.5. The van der Waals surface area contributed by atoms with Gasteiger partial charge in [-0.1, -0.05) is 39.8 Å². The summed E-state index contributed by atoms with van der Waals surface area (Å²) in [7, 11) is 0. The zero-order chi connectivity index (χ0) is 51.2. The fourth-order valence-corrected chi connectivity index (χ4v) is 7.22. The van der Waals surface area contributed by atoms with Gasteiger partial charge in [0.25, 0.3) is 0 Å². The first-order valence-corrected chi connectivity index (χ1v) is 22.7. The minimum atomic E-state index is -1.49. The van der Waals surface area contributed by atoms with Crippen LogP contribution in [0.25, 0.3) is 0 Å². The van der Waals surface area contributed by atoms with E-state index in [1.54, 1.807) is 27.7 Å². The second-order valence-corrected chi connectivity index (χ2v) is 17.5. The molecule has 378 valence electrons. The fraction of sp³-hybridized carbons (Fsp3) is 0.605. The Kier molecular flexibility index (Phi) is 24.3. The largest absolute Gasteiger partial charge is 0.508 e. The number of carboxylic acids is 3. The van der Waals surface area contributed by atoms with Crippen LogP contribution in [0.5, 0.6) is 5.75 Å². The topological polar surface area (TPSA) is 382 Å². The summed E-state index contributed by atoms with van der Waals surface area (Å²) in [4.78, 5) is 141. The first-order valence-electron chi connectivity index (χ1n) is 22.1. The van der Waals surface area contributed by atoms with E-state index in [2.05, 4.69) is 49.8 Å². The number of amides is 8. The van der Waals surface area contributed by atoms with Crippen LogP contribution in [0.4, 0.5) is 0 Å². The highest BCUT2D eigenvalue weighted by atomic mass is 32.1. The van der Waals surface area contributed by atoms with Crippen LogP contribution in [-0.2, 0) is 59.2 Å². The van der Waals surface area contributed by atoms with E-state index in [-0.39, 0.29) is 62.0 Å². The van der Waals surface area contributed by atoms with Crippen molar-refractivity contribution in [3.8, 4) is 5.75 Å². The number of aromatic hydroxyl groups is 1. The third-order valence-corrected chi connectivity index (χ3v) is 10.8. The number of hydrogen-bond donors (Lipinski definition) is 13. The molecule has 0 radical (unpaired) electrons. The second kappa shape index (κ2) is 28.6. The van der Waals surface area contributed by atoms with Crippen molar-refractivity contribution in [2.45, 2.75) is 128 Å². The predicted molar refractivity (Wildman–Crippen MR) is 244 cm³/mol. The van der Waals surface area contributed by atoms with Gasteiger partial charge >= 0.3 is 17.9 Å². The molecular formula is C43H65N9O15S. The van der Waals surface area contributed by atoms with Crippen LogP contribution in [0.1, 0.15) is 84.6 Å². The van der Waals surface area contributed by atoms with Crippen LogP contribution >= 0.6 is 12.6 Å². The van der Waals surface area contributed by atoms with Crippen LogP contribution in [0.15, 0.2) is 24.3 Å². The molecule has 1 saturated heterocycles. The van der Waals surface area contributed by atoms with Crippen molar-refractivity contribution < 1.29 is 73.2 Å². The molecule has 0 saturated carbocycles. The number of carboxylic acid groups (broad SMARTS) is 3. The van der Waals surface area contributed by atoms with Crippen molar-refractivity contribution in [1.82, 2.24) is 42.1 Å². The van der Waals surface area contributed by atoms with Gasteiger partial charge in [-0.15, -0.1) is 0 Å². The number of hydrogen-bond acceptors (Lipinski definition) is 14. The minimum Gasteiger partial charge on any atom is -0.508 e. The van der Waals surface area contributed by atoms with Gasteiger partial charge in [-0.2, -0.15) is 12.6 Å². The van der Waals surface area contributed by atoms with Gasteiger partial charge in [0, 0.05) is 31.6 Å². The molecule has 0 aromatic heterocycles. The lowest BCUT2D eigenvalue weighted by atomic mass is 10.00. The summed E-state index contributed by atoms with van der Waals surface area (Å²) in [6, 6.07) is -3.23. The number of benzene rings is 1. The number of rotatable bonds is 29. The molecule has 24 nitrogen and oxygen atoms in total. The van der Waals surface area contributed by atoms with Gasteiger partial charge in [0.15, 0.2) is 0 Å². The Morgan fingerprint density at radius 3 is 1.75 bits per heavy atom. The Bertz CT molecular complexity index is 1970. The van der Waals surface area contributed by atoms with Gasteiger partial charge in [-0.3, -0.25) is 47.9 Å². The highest BCUT2D eigenvalue weighted by Gasteiger charge is 2.38. The molecule has 0 unspecified atom stereocenters. The molecular weight excluding hydrogens is 915 g/mol. The molecule has 1 aromatic carbocycles. The highest BCUT2D eigenvalue weighted by molar-refractivity contribution is 7.80. The molecule has 13 N–H and O–H groups in total. The first kappa shape index (κ1) is 57.6. The summed E-state index contributed by atoms with van der Waals surface area (Å²) >= 11 is 4.23. The number of likely N-dealkylation sites (tertiary alicyclic amines) is 1. The summed E-state index contributed by atoms with van der Waals surface area (Å²) in [6.07, 6.45) is -0.983. The van der Waals surface area contributed by atoms with Gasteiger partial charge in [-0.25, -0.2) is 4.79 Å². The zero-order valence-electron chi connectivity index (χ0n) is 38.4. The summed E-state index contributed by atoms with van der Waals surface area (Å²) in [5, 5.41) is 54.5. The maximum Gasteiger partial charge on any atom is 0.326 e. The molecule has 0 aliphatic carbocycles. The predicted octanol–water partition coefficient (Wildman–Crippen LogP) is -2.25. The Balaban J connectivity index is 2.06. The molecule has 7 atom stereocenters. The van der Waals surface area contributed by atoms with Crippen molar-refractivity contribution in [2.75, 3.05) is 25.4 Å². The van der Waals surface area contributed by atoms with E-state index in [0.29, 0.717) is 12.0 Å². The summed E-state index contributed by atoms with van der Waals surface area (Å²) in [6.45, 7) is 5.76. The molecule has 1 heterocycles. The van der Waals surface area contributed by atoms with Crippen molar-refractivity contribution in [2.24, 2.45) is 17.6 Å². The highest BCUT2D eigenvalue weighted by Crippen LogP contribution is 2.20. The normalized spacial score (nSPS) is 15.9. The molecule has 1 aromatic rings. The lowest BCUT2D eigenvalue weighted by Gasteiger charge is -2.29. The second-order valence-electron chi connectivity index (χ2n) is 17.2. The fourth-order valence-electron chi connectivity index (χ4n) is 6.98. The number of carbonyl (C=O) groups is 11. The average Bonchev–Trinajstić information content (AvgIpc) is 3.76. The summed E-state index contributed by atoms with van der Waals surface area (Å²) in [5.74, 6) is -10.9. The van der Waals surface area contributed by atoms with Crippen molar-refractivity contribution in [3.63, 3.8) is 0 Å². The monoisotopic (exact) mass is 979 g/mol. The smallest absolute Gasteiger partial charge is 0.326 e. The maximum absolute atomic E-state index is 13.8. The number of nitrogens with zero attached hydrogens (tertiary/aromatic N) is 1. The Hall–Kier alpha value is -6.50. The number of carbonyl (C=O) groups excluding carboxylic acids is 8. The quantitative estimate of drug-likeness (QED) is 0.0377. The van der Waals surface area contributed by atoms with Gasteiger partial charge in [0.2, 0.25) is 47.3 Å². The van der Waals surface area contributed by atoms with Gasteiger partial charge < -0.3 is 68.3 Å². The van der Waals surface area contributed by atoms with E-state index in [4.69, 9.17) is 10.8 Å². The molecule has 1 fully saturated rings. The van der Waals surface area contributed by atoms with E-state index in [1.807, 2.05) is 0 Å². The van der Waals surface area contributed by atoms with E-state index in [1.165, 1.54) is 29.2 Å². The molecule has 1 aliphatic rings. The van der Waals surface area contributed by atoms with Gasteiger partial charge in [0.05, 0.1) is 19.1 Å². The van der Waals surface area contributed by atoms with Crippen LogP contribution in [-0.4, -0.2) is 158 Å². The van der Waals surface area contributed by atoms with Gasteiger partial charge in [-0.05, 0) is 68.1 Å². The zero-order valence-corrected chi connectivity index (χ0v) is 39.3. The van der Waals surface area contributed by atoms with Gasteiger partial charge in [0.1, 0.15) is 42.0 Å². The minimum absolute atomic E-state index is 0.0551. The summed E-state index contributed by atoms with van der Waals surface area (Å²) in [5.41, 5.74) is 6.36. The molecule has 1 aliphatic heterocycles. The number of phenols is 1. The molecule has 8 amide bonds. The third kappa shape index (κ3) is 20.6.